The van der Waals surface area contributed by atoms with Crippen LogP contribution in [0.1, 0.15) is 44.6 Å². The van der Waals surface area contributed by atoms with Gasteiger partial charge in [0, 0.05) is 0 Å². The van der Waals surface area contributed by atoms with Gasteiger partial charge in [0.25, 0.3) is 0 Å². The molecule has 0 radical (unpaired) electrons. The molecule has 0 saturated carbocycles. The zero-order chi connectivity index (χ0) is 16.3. The smallest absolute Gasteiger partial charge is 0.408 e. The van der Waals surface area contributed by atoms with Crippen LogP contribution in [-0.4, -0.2) is 35.1 Å². The van der Waals surface area contributed by atoms with E-state index >= 15 is 0 Å². The summed E-state index contributed by atoms with van der Waals surface area (Å²) in [6, 6.07) is 9.36. The number of rotatable bonds is 10. The van der Waals surface area contributed by atoms with Gasteiger partial charge in [-0.25, -0.2) is 4.79 Å². The first kappa shape index (κ1) is 18.5. The number of aliphatic hydroxyl groups is 2. The predicted molar refractivity (Wildman–Crippen MR) is 85.4 cm³/mol. The second-order valence-electron chi connectivity index (χ2n) is 5.59. The molecule has 3 N–H and O–H groups in total. The van der Waals surface area contributed by atoms with Crippen LogP contribution in [0.3, 0.4) is 0 Å². The van der Waals surface area contributed by atoms with Gasteiger partial charge in [-0.1, -0.05) is 62.9 Å². The van der Waals surface area contributed by atoms with Crippen molar-refractivity contribution in [3.05, 3.63) is 35.9 Å². The minimum absolute atomic E-state index is 0.162. The van der Waals surface area contributed by atoms with E-state index in [4.69, 9.17) is 4.74 Å². The summed E-state index contributed by atoms with van der Waals surface area (Å²) in [5, 5.41) is 21.7. The molecular formula is C17H27NO4. The molecule has 0 aliphatic rings. The molecule has 0 heterocycles. The van der Waals surface area contributed by atoms with Crippen LogP contribution in [0.5, 0.6) is 0 Å². The van der Waals surface area contributed by atoms with Crippen molar-refractivity contribution in [1.29, 1.82) is 0 Å². The number of aliphatic hydroxyl groups excluding tert-OH is 2. The van der Waals surface area contributed by atoms with E-state index in [1.165, 1.54) is 0 Å². The highest BCUT2D eigenvalue weighted by Gasteiger charge is 2.30. The average Bonchev–Trinajstić information content (AvgIpc) is 2.57. The molecule has 1 amide bonds. The first-order valence-electron chi connectivity index (χ1n) is 7.86. The molecule has 124 valence electrons. The monoisotopic (exact) mass is 309 g/mol. The number of nitrogens with one attached hydrogen (secondary N) is 1. The summed E-state index contributed by atoms with van der Waals surface area (Å²) < 4.78 is 5.14. The van der Waals surface area contributed by atoms with Crippen molar-refractivity contribution in [3.63, 3.8) is 0 Å². The normalized spacial score (nSPS) is 11.2. The van der Waals surface area contributed by atoms with Crippen LogP contribution in [0.15, 0.2) is 30.3 Å². The van der Waals surface area contributed by atoms with E-state index < -0.39 is 11.6 Å². The fraction of sp³-hybridized carbons (Fsp3) is 0.588. The molecular weight excluding hydrogens is 282 g/mol. The molecule has 0 bridgehead atoms. The quantitative estimate of drug-likeness (QED) is 0.581. The fourth-order valence-electron chi connectivity index (χ4n) is 2.22. The van der Waals surface area contributed by atoms with E-state index in [1.807, 2.05) is 30.3 Å². The number of amides is 1. The lowest BCUT2D eigenvalue weighted by molar-refractivity contribution is 0.0660. The largest absolute Gasteiger partial charge is 0.445 e. The Kier molecular flexibility index (Phi) is 8.55. The Labute approximate surface area is 132 Å². The molecule has 0 aromatic heterocycles. The fourth-order valence-corrected chi connectivity index (χ4v) is 2.22. The predicted octanol–water partition coefficient (Wildman–Crippen LogP) is 2.61. The van der Waals surface area contributed by atoms with Gasteiger partial charge in [0.1, 0.15) is 6.61 Å². The maximum absolute atomic E-state index is 11.9. The van der Waals surface area contributed by atoms with Crippen molar-refractivity contribution in [2.24, 2.45) is 0 Å². The highest BCUT2D eigenvalue weighted by molar-refractivity contribution is 5.68. The molecule has 0 fully saturated rings. The van der Waals surface area contributed by atoms with Crippen molar-refractivity contribution in [3.8, 4) is 0 Å². The third-order valence-electron chi connectivity index (χ3n) is 3.69. The molecule has 0 atom stereocenters. The number of carbonyl (C=O) groups is 1. The van der Waals surface area contributed by atoms with Crippen LogP contribution in [0.2, 0.25) is 0 Å². The van der Waals surface area contributed by atoms with Crippen molar-refractivity contribution in [2.45, 2.75) is 51.2 Å². The summed E-state index contributed by atoms with van der Waals surface area (Å²) in [7, 11) is 0. The summed E-state index contributed by atoms with van der Waals surface area (Å²) in [5.74, 6) is 0. The van der Waals surface area contributed by atoms with Crippen LogP contribution >= 0.6 is 0 Å². The molecule has 1 aromatic carbocycles. The highest BCUT2D eigenvalue weighted by Crippen LogP contribution is 2.16. The first-order valence-corrected chi connectivity index (χ1v) is 7.86. The summed E-state index contributed by atoms with van der Waals surface area (Å²) in [6.45, 7) is 1.66. The van der Waals surface area contributed by atoms with Gasteiger partial charge in [-0.05, 0) is 12.0 Å². The Morgan fingerprint density at radius 2 is 1.82 bits per heavy atom. The molecule has 0 unspecified atom stereocenters. The lowest BCUT2D eigenvalue weighted by Crippen LogP contribution is -2.54. The number of carbonyl (C=O) groups excluding carboxylic acids is 1. The van der Waals surface area contributed by atoms with Crippen LogP contribution in [0.25, 0.3) is 0 Å². The third-order valence-corrected chi connectivity index (χ3v) is 3.69. The minimum Gasteiger partial charge on any atom is -0.445 e. The van der Waals surface area contributed by atoms with Gasteiger partial charge in [0.2, 0.25) is 0 Å². The average molecular weight is 309 g/mol. The minimum atomic E-state index is -1.01. The maximum Gasteiger partial charge on any atom is 0.408 e. The van der Waals surface area contributed by atoms with Gasteiger partial charge < -0.3 is 20.3 Å². The highest BCUT2D eigenvalue weighted by atomic mass is 16.5. The molecule has 0 saturated heterocycles. The third kappa shape index (κ3) is 6.45. The summed E-state index contributed by atoms with van der Waals surface area (Å²) in [4.78, 5) is 11.9. The van der Waals surface area contributed by atoms with Gasteiger partial charge >= 0.3 is 6.09 Å². The molecule has 5 nitrogen and oxygen atoms in total. The van der Waals surface area contributed by atoms with E-state index in [2.05, 4.69) is 12.2 Å². The number of unbranched alkanes of at least 4 members (excludes halogenated alkanes) is 3. The van der Waals surface area contributed by atoms with Crippen LogP contribution in [-0.2, 0) is 11.3 Å². The molecule has 1 aromatic rings. The zero-order valence-corrected chi connectivity index (χ0v) is 13.3. The van der Waals surface area contributed by atoms with Crippen LogP contribution in [0, 0.1) is 0 Å². The first-order chi connectivity index (χ1) is 10.7. The van der Waals surface area contributed by atoms with Gasteiger partial charge in [0.15, 0.2) is 0 Å². The SMILES string of the molecule is CCCCCCC(CO)(CO)NC(=O)OCc1ccccc1. The standard InChI is InChI=1S/C17H27NO4/c1-2-3-4-8-11-17(13-19,14-20)18-16(21)22-12-15-9-6-5-7-10-15/h5-7,9-10,19-20H,2-4,8,11-14H2,1H3,(H,18,21). The molecule has 22 heavy (non-hydrogen) atoms. The number of hydrogen-bond acceptors (Lipinski definition) is 4. The Bertz CT molecular complexity index is 418. The Morgan fingerprint density at radius 3 is 2.41 bits per heavy atom. The number of benzene rings is 1. The van der Waals surface area contributed by atoms with E-state index in [0.717, 1.165) is 31.2 Å². The van der Waals surface area contributed by atoms with Crippen molar-refractivity contribution < 1.29 is 19.7 Å². The summed E-state index contributed by atoms with van der Waals surface area (Å²) >= 11 is 0. The van der Waals surface area contributed by atoms with Gasteiger partial charge in [0.05, 0.1) is 18.8 Å². The lowest BCUT2D eigenvalue weighted by atomic mass is 9.94. The Balaban J connectivity index is 2.45. The molecule has 1 rings (SSSR count). The van der Waals surface area contributed by atoms with Crippen LogP contribution in [0.4, 0.5) is 4.79 Å². The van der Waals surface area contributed by atoms with E-state index in [9.17, 15) is 15.0 Å². The molecule has 0 aliphatic carbocycles. The summed E-state index contributed by atoms with van der Waals surface area (Å²) in [6.07, 6.45) is 3.97. The topological polar surface area (TPSA) is 78.8 Å². The van der Waals surface area contributed by atoms with E-state index in [1.54, 1.807) is 0 Å². The van der Waals surface area contributed by atoms with Gasteiger partial charge in [-0.15, -0.1) is 0 Å². The van der Waals surface area contributed by atoms with Crippen molar-refractivity contribution >= 4 is 6.09 Å². The van der Waals surface area contributed by atoms with E-state index in [-0.39, 0.29) is 19.8 Å². The lowest BCUT2D eigenvalue weighted by Gasteiger charge is -2.30. The maximum atomic E-state index is 11.9. The Morgan fingerprint density at radius 1 is 1.14 bits per heavy atom. The van der Waals surface area contributed by atoms with E-state index in [0.29, 0.717) is 6.42 Å². The Hall–Kier alpha value is -1.59. The number of hydrogen-bond donors (Lipinski definition) is 3. The van der Waals surface area contributed by atoms with Gasteiger partial charge in [-0.2, -0.15) is 0 Å². The van der Waals surface area contributed by atoms with Crippen molar-refractivity contribution in [1.82, 2.24) is 5.32 Å². The summed E-state index contributed by atoms with van der Waals surface area (Å²) in [5.41, 5.74) is -0.124. The molecule has 5 heteroatoms. The molecule has 0 aliphatic heterocycles. The molecule has 0 spiro atoms. The van der Waals surface area contributed by atoms with Gasteiger partial charge in [-0.3, -0.25) is 0 Å². The van der Waals surface area contributed by atoms with Crippen molar-refractivity contribution in [2.75, 3.05) is 13.2 Å². The zero-order valence-electron chi connectivity index (χ0n) is 13.3. The second-order valence-corrected chi connectivity index (χ2v) is 5.59. The second kappa shape index (κ2) is 10.2. The number of alkyl carbamates (subject to hydrolysis) is 1. The van der Waals surface area contributed by atoms with Crippen LogP contribution < -0.4 is 5.32 Å². The number of ether oxygens (including phenoxy) is 1.